The minimum absolute atomic E-state index is 0.0415. The van der Waals surface area contributed by atoms with Crippen LogP contribution in [0.15, 0.2) is 46.7 Å². The lowest BCUT2D eigenvalue weighted by Crippen LogP contribution is -2.54. The molecule has 0 radical (unpaired) electrons. The zero-order valence-corrected chi connectivity index (χ0v) is 13.7. The maximum atomic E-state index is 12.7. The van der Waals surface area contributed by atoms with E-state index in [4.69, 9.17) is 17.0 Å². The van der Waals surface area contributed by atoms with E-state index in [2.05, 4.69) is 5.32 Å². The third-order valence-electron chi connectivity index (χ3n) is 3.27. The number of hydrogen-bond donors (Lipinski definition) is 1. The SMILES string of the molecule is COc1cccc(N2C(=O)/C(=C/c3ccsc3)C(=O)NC2=S)c1. The predicted molar refractivity (Wildman–Crippen MR) is 93.5 cm³/mol. The smallest absolute Gasteiger partial charge is 0.270 e. The molecule has 0 atom stereocenters. The maximum Gasteiger partial charge on any atom is 0.270 e. The first-order valence-corrected chi connectivity index (χ1v) is 8.03. The number of amides is 2. The molecule has 1 aliphatic heterocycles. The minimum Gasteiger partial charge on any atom is -0.497 e. The average Bonchev–Trinajstić information content (AvgIpc) is 3.04. The zero-order chi connectivity index (χ0) is 16.4. The molecular weight excluding hydrogens is 332 g/mol. The number of hydrogen-bond acceptors (Lipinski definition) is 5. The van der Waals surface area contributed by atoms with Crippen molar-refractivity contribution < 1.29 is 14.3 Å². The van der Waals surface area contributed by atoms with Gasteiger partial charge in [-0.3, -0.25) is 19.8 Å². The first-order valence-electron chi connectivity index (χ1n) is 6.68. The van der Waals surface area contributed by atoms with Gasteiger partial charge in [-0.05, 0) is 52.8 Å². The van der Waals surface area contributed by atoms with Crippen molar-refractivity contribution in [1.82, 2.24) is 5.32 Å². The third-order valence-corrected chi connectivity index (χ3v) is 4.25. The molecule has 1 fully saturated rings. The van der Waals surface area contributed by atoms with Crippen LogP contribution in [0.5, 0.6) is 5.75 Å². The number of thiocarbonyl (C=S) groups is 1. The fraction of sp³-hybridized carbons (Fsp3) is 0.0625. The topological polar surface area (TPSA) is 58.6 Å². The van der Waals surface area contributed by atoms with Gasteiger partial charge in [-0.15, -0.1) is 0 Å². The molecule has 23 heavy (non-hydrogen) atoms. The number of thiophene rings is 1. The average molecular weight is 344 g/mol. The van der Waals surface area contributed by atoms with Gasteiger partial charge in [-0.25, -0.2) is 0 Å². The molecule has 1 aromatic carbocycles. The molecule has 0 spiro atoms. The summed E-state index contributed by atoms with van der Waals surface area (Å²) in [5, 5.41) is 6.34. The fourth-order valence-electron chi connectivity index (χ4n) is 2.17. The van der Waals surface area contributed by atoms with Gasteiger partial charge in [0.1, 0.15) is 11.3 Å². The lowest BCUT2D eigenvalue weighted by atomic mass is 10.1. The van der Waals surface area contributed by atoms with E-state index in [1.165, 1.54) is 16.2 Å². The van der Waals surface area contributed by atoms with E-state index in [-0.39, 0.29) is 10.7 Å². The van der Waals surface area contributed by atoms with Crippen molar-refractivity contribution in [2.24, 2.45) is 0 Å². The normalized spacial score (nSPS) is 16.7. The summed E-state index contributed by atoms with van der Waals surface area (Å²) in [6.07, 6.45) is 1.56. The Kier molecular flexibility index (Phi) is 4.22. The molecule has 0 bridgehead atoms. The van der Waals surface area contributed by atoms with E-state index in [0.717, 1.165) is 5.56 Å². The van der Waals surface area contributed by atoms with Crippen molar-refractivity contribution in [3.63, 3.8) is 0 Å². The number of anilines is 1. The monoisotopic (exact) mass is 344 g/mol. The molecule has 3 rings (SSSR count). The fourth-order valence-corrected chi connectivity index (χ4v) is 3.06. The summed E-state index contributed by atoms with van der Waals surface area (Å²) in [5.74, 6) is -0.359. The summed E-state index contributed by atoms with van der Waals surface area (Å²) in [5.41, 5.74) is 1.38. The molecule has 7 heteroatoms. The van der Waals surface area contributed by atoms with Crippen LogP contribution in [0.3, 0.4) is 0 Å². The molecule has 2 amide bonds. The number of benzene rings is 1. The number of carbonyl (C=O) groups is 2. The Balaban J connectivity index is 2.01. The summed E-state index contributed by atoms with van der Waals surface area (Å²) in [6, 6.07) is 8.77. The summed E-state index contributed by atoms with van der Waals surface area (Å²) in [4.78, 5) is 26.1. The van der Waals surface area contributed by atoms with Gasteiger partial charge in [0.25, 0.3) is 11.8 Å². The number of rotatable bonds is 3. The number of nitrogens with one attached hydrogen (secondary N) is 1. The molecule has 116 valence electrons. The second kappa shape index (κ2) is 6.31. The number of methoxy groups -OCH3 is 1. The Morgan fingerprint density at radius 2 is 2.13 bits per heavy atom. The first-order chi connectivity index (χ1) is 11.1. The van der Waals surface area contributed by atoms with Gasteiger partial charge in [0.05, 0.1) is 12.8 Å². The highest BCUT2D eigenvalue weighted by Crippen LogP contribution is 2.25. The molecule has 5 nitrogen and oxygen atoms in total. The Bertz CT molecular complexity index is 812. The third kappa shape index (κ3) is 3.01. The molecule has 0 aliphatic carbocycles. The molecule has 1 N–H and O–H groups in total. The lowest BCUT2D eigenvalue weighted by molar-refractivity contribution is -0.122. The van der Waals surface area contributed by atoms with Gasteiger partial charge >= 0.3 is 0 Å². The minimum atomic E-state index is -0.495. The van der Waals surface area contributed by atoms with Crippen molar-refractivity contribution in [3.8, 4) is 5.75 Å². The number of carbonyl (C=O) groups excluding carboxylic acids is 2. The van der Waals surface area contributed by atoms with Crippen LogP contribution >= 0.6 is 23.6 Å². The summed E-state index contributed by atoms with van der Waals surface area (Å²) in [6.45, 7) is 0. The van der Waals surface area contributed by atoms with Gasteiger partial charge in [0, 0.05) is 6.07 Å². The first kappa shape index (κ1) is 15.4. The van der Waals surface area contributed by atoms with Gasteiger partial charge < -0.3 is 4.74 Å². The van der Waals surface area contributed by atoms with Crippen molar-refractivity contribution in [3.05, 3.63) is 52.2 Å². The Morgan fingerprint density at radius 1 is 1.30 bits per heavy atom. The van der Waals surface area contributed by atoms with E-state index in [0.29, 0.717) is 11.4 Å². The molecule has 1 aliphatic rings. The van der Waals surface area contributed by atoms with E-state index >= 15 is 0 Å². The summed E-state index contributed by atoms with van der Waals surface area (Å²) in [7, 11) is 1.54. The second-order valence-corrected chi connectivity index (χ2v) is 5.88. The molecule has 1 aromatic heterocycles. The predicted octanol–water partition coefficient (Wildman–Crippen LogP) is 2.59. The molecular formula is C16H12N2O3S2. The van der Waals surface area contributed by atoms with Crippen LogP contribution < -0.4 is 15.0 Å². The van der Waals surface area contributed by atoms with Crippen molar-refractivity contribution >= 4 is 52.2 Å². The molecule has 0 saturated carbocycles. The summed E-state index contributed by atoms with van der Waals surface area (Å²) < 4.78 is 5.17. The largest absolute Gasteiger partial charge is 0.497 e. The molecule has 1 saturated heterocycles. The zero-order valence-electron chi connectivity index (χ0n) is 12.1. The number of nitrogens with zero attached hydrogens (tertiary/aromatic N) is 1. The standard InChI is InChI=1S/C16H12N2O3S2/c1-21-12-4-2-3-11(8-12)18-15(20)13(14(19)17-16(18)22)7-10-5-6-23-9-10/h2-9H,1H3,(H,17,19,22)/b13-7+. The van der Waals surface area contributed by atoms with Crippen LogP contribution in [0.2, 0.25) is 0 Å². The van der Waals surface area contributed by atoms with Crippen LogP contribution in [0.4, 0.5) is 5.69 Å². The highest BCUT2D eigenvalue weighted by Gasteiger charge is 2.34. The Hall–Kier alpha value is -2.51. The molecule has 2 aromatic rings. The van der Waals surface area contributed by atoms with Crippen molar-refractivity contribution in [2.45, 2.75) is 0 Å². The Morgan fingerprint density at radius 3 is 2.83 bits per heavy atom. The van der Waals surface area contributed by atoms with Crippen LogP contribution in [0.1, 0.15) is 5.56 Å². The van der Waals surface area contributed by atoms with Crippen LogP contribution in [-0.2, 0) is 9.59 Å². The van der Waals surface area contributed by atoms with Gasteiger partial charge in [0.15, 0.2) is 5.11 Å². The van der Waals surface area contributed by atoms with Crippen molar-refractivity contribution in [1.29, 1.82) is 0 Å². The van der Waals surface area contributed by atoms with Crippen LogP contribution in [0, 0.1) is 0 Å². The maximum absolute atomic E-state index is 12.7. The van der Waals surface area contributed by atoms with E-state index < -0.39 is 11.8 Å². The number of ether oxygens (including phenoxy) is 1. The quantitative estimate of drug-likeness (QED) is 0.528. The second-order valence-electron chi connectivity index (χ2n) is 4.72. The lowest BCUT2D eigenvalue weighted by Gasteiger charge is -2.29. The molecule has 0 unspecified atom stereocenters. The highest BCUT2D eigenvalue weighted by molar-refractivity contribution is 7.80. The molecule has 2 heterocycles. The van der Waals surface area contributed by atoms with Gasteiger partial charge in [0.2, 0.25) is 0 Å². The van der Waals surface area contributed by atoms with Crippen LogP contribution in [0.25, 0.3) is 6.08 Å². The van der Waals surface area contributed by atoms with Gasteiger partial charge in [-0.1, -0.05) is 6.07 Å². The summed E-state index contributed by atoms with van der Waals surface area (Å²) >= 11 is 6.64. The van der Waals surface area contributed by atoms with Gasteiger partial charge in [-0.2, -0.15) is 11.3 Å². The highest BCUT2D eigenvalue weighted by atomic mass is 32.1. The Labute approximate surface area is 142 Å². The van der Waals surface area contributed by atoms with Crippen LogP contribution in [-0.4, -0.2) is 24.0 Å². The van der Waals surface area contributed by atoms with E-state index in [1.807, 2.05) is 16.8 Å². The van der Waals surface area contributed by atoms with E-state index in [1.54, 1.807) is 37.5 Å². The van der Waals surface area contributed by atoms with Crippen molar-refractivity contribution in [2.75, 3.05) is 12.0 Å². The van der Waals surface area contributed by atoms with E-state index in [9.17, 15) is 9.59 Å².